The Morgan fingerprint density at radius 3 is 2.54 bits per heavy atom. The minimum absolute atomic E-state index is 0.0191. The number of ketones is 2. The van der Waals surface area contributed by atoms with Crippen molar-refractivity contribution in [3.05, 3.63) is 23.8 Å². The van der Waals surface area contributed by atoms with Crippen LogP contribution in [0.5, 0.6) is 0 Å². The molecule has 0 bridgehead atoms. The number of alkyl halides is 1. The number of aliphatic hydroxyl groups is 2. The molecule has 0 radical (unpaired) electrons. The second-order valence-corrected chi connectivity index (χ2v) is 10.00. The van der Waals surface area contributed by atoms with Crippen molar-refractivity contribution in [2.75, 3.05) is 0 Å². The van der Waals surface area contributed by atoms with Gasteiger partial charge in [0, 0.05) is 17.8 Å². The van der Waals surface area contributed by atoms with E-state index >= 15 is 4.39 Å². The van der Waals surface area contributed by atoms with E-state index in [1.54, 1.807) is 26.8 Å². The summed E-state index contributed by atoms with van der Waals surface area (Å²) >= 11 is 0. The third-order valence-electron chi connectivity index (χ3n) is 9.26. The lowest BCUT2D eigenvalue weighted by atomic mass is 9.43. The normalized spacial score (nSPS) is 52.5. The van der Waals surface area contributed by atoms with Crippen LogP contribution in [-0.2, 0) is 9.59 Å². The Balaban J connectivity index is 1.84. The van der Waals surface area contributed by atoms with Crippen molar-refractivity contribution >= 4 is 11.6 Å². The monoisotopic (exact) mass is 390 g/mol. The third-order valence-corrected chi connectivity index (χ3v) is 9.26. The van der Waals surface area contributed by atoms with Crippen LogP contribution in [0.2, 0.25) is 0 Å². The Labute approximate surface area is 165 Å². The zero-order valence-electron chi connectivity index (χ0n) is 17.2. The van der Waals surface area contributed by atoms with Gasteiger partial charge in [-0.1, -0.05) is 25.5 Å². The van der Waals surface area contributed by atoms with Crippen LogP contribution in [0.15, 0.2) is 23.8 Å². The summed E-state index contributed by atoms with van der Waals surface area (Å²) in [6.45, 7) is 7.33. The number of carbonyl (C=O) groups is 2. The first-order valence-corrected chi connectivity index (χ1v) is 10.5. The molecule has 4 nitrogen and oxygen atoms in total. The molecular weight excluding hydrogens is 359 g/mol. The molecular formula is C23H31FO4. The molecule has 0 aromatic heterocycles. The average Bonchev–Trinajstić information content (AvgIpc) is 2.84. The first-order chi connectivity index (χ1) is 13.0. The minimum atomic E-state index is -1.92. The molecule has 0 amide bonds. The standard InChI is InChI=1S/C23H31FO4/c1-5-17(26)22(4)18(27)11-16-15-7-6-13-10-14(25)8-9-20(13,2)23(15,24)19(28)12-21(16,22)3/h8-10,15-16,18-19,27-28H,5-7,11-12H2,1-4H3/t15-,16-,18+,19-,20-,21-,22-,23-/m0/s1. The van der Waals surface area contributed by atoms with Gasteiger partial charge in [0.05, 0.1) is 17.6 Å². The van der Waals surface area contributed by atoms with Crippen molar-refractivity contribution in [2.24, 2.45) is 28.1 Å². The minimum Gasteiger partial charge on any atom is -0.392 e. The molecule has 0 aromatic carbocycles. The number of rotatable bonds is 2. The quantitative estimate of drug-likeness (QED) is 0.759. The number of allylic oxidation sites excluding steroid dienone is 4. The molecule has 0 aromatic rings. The number of hydrogen-bond donors (Lipinski definition) is 2. The molecule has 2 N–H and O–H groups in total. The molecule has 8 atom stereocenters. The summed E-state index contributed by atoms with van der Waals surface area (Å²) in [7, 11) is 0. The number of hydrogen-bond acceptors (Lipinski definition) is 4. The van der Waals surface area contributed by atoms with Crippen LogP contribution in [0, 0.1) is 28.1 Å². The van der Waals surface area contributed by atoms with Gasteiger partial charge in [-0.2, -0.15) is 0 Å². The predicted molar refractivity (Wildman–Crippen MR) is 103 cm³/mol. The van der Waals surface area contributed by atoms with Gasteiger partial charge in [0.25, 0.3) is 0 Å². The van der Waals surface area contributed by atoms with E-state index in [2.05, 4.69) is 0 Å². The van der Waals surface area contributed by atoms with Crippen LogP contribution in [0.1, 0.15) is 59.8 Å². The molecule has 4 rings (SSSR count). The Morgan fingerprint density at radius 1 is 1.21 bits per heavy atom. The van der Waals surface area contributed by atoms with E-state index in [4.69, 9.17) is 0 Å². The van der Waals surface area contributed by atoms with Gasteiger partial charge in [-0.05, 0) is 63.0 Å². The van der Waals surface area contributed by atoms with Crippen molar-refractivity contribution in [3.8, 4) is 0 Å². The summed E-state index contributed by atoms with van der Waals surface area (Å²) in [6, 6.07) is 0. The first-order valence-electron chi connectivity index (χ1n) is 10.5. The predicted octanol–water partition coefficient (Wildman–Crippen LogP) is 3.31. The summed E-state index contributed by atoms with van der Waals surface area (Å²) in [5.74, 6) is -0.820. The second kappa shape index (κ2) is 5.85. The maximum Gasteiger partial charge on any atom is 0.178 e. The highest BCUT2D eigenvalue weighted by atomic mass is 19.1. The fraction of sp³-hybridized carbons (Fsp3) is 0.739. The molecule has 0 spiro atoms. The number of aliphatic hydroxyl groups excluding tert-OH is 2. The number of halogens is 1. The maximum atomic E-state index is 16.9. The summed E-state index contributed by atoms with van der Waals surface area (Å²) in [4.78, 5) is 24.7. The van der Waals surface area contributed by atoms with Crippen molar-refractivity contribution in [1.82, 2.24) is 0 Å². The largest absolute Gasteiger partial charge is 0.392 e. The number of fused-ring (bicyclic) bond motifs is 5. The van der Waals surface area contributed by atoms with Crippen LogP contribution >= 0.6 is 0 Å². The molecule has 3 fully saturated rings. The summed E-state index contributed by atoms with van der Waals surface area (Å²) in [6.07, 6.45) is 4.38. The lowest BCUT2D eigenvalue weighted by molar-refractivity contribution is -0.205. The van der Waals surface area contributed by atoms with Gasteiger partial charge in [0.2, 0.25) is 0 Å². The van der Waals surface area contributed by atoms with Gasteiger partial charge >= 0.3 is 0 Å². The fourth-order valence-corrected chi connectivity index (χ4v) is 7.32. The maximum absolute atomic E-state index is 16.9. The van der Waals surface area contributed by atoms with Gasteiger partial charge in [-0.3, -0.25) is 9.59 Å². The highest BCUT2D eigenvalue weighted by molar-refractivity contribution is 6.01. The highest BCUT2D eigenvalue weighted by Crippen LogP contribution is 2.71. The zero-order valence-corrected chi connectivity index (χ0v) is 17.2. The molecule has 154 valence electrons. The van der Waals surface area contributed by atoms with Crippen molar-refractivity contribution < 1.29 is 24.2 Å². The number of Topliss-reactive ketones (excluding diaryl/α,β-unsaturated/α-hetero) is 1. The topological polar surface area (TPSA) is 74.6 Å². The van der Waals surface area contributed by atoms with E-state index in [9.17, 15) is 19.8 Å². The van der Waals surface area contributed by atoms with E-state index in [0.29, 0.717) is 25.7 Å². The lowest BCUT2D eigenvalue weighted by Gasteiger charge is -2.63. The Hall–Kier alpha value is -1.33. The lowest BCUT2D eigenvalue weighted by Crippen LogP contribution is -2.67. The van der Waals surface area contributed by atoms with Gasteiger partial charge in [-0.25, -0.2) is 4.39 Å². The second-order valence-electron chi connectivity index (χ2n) is 10.00. The van der Waals surface area contributed by atoms with Gasteiger partial charge < -0.3 is 10.2 Å². The summed E-state index contributed by atoms with van der Waals surface area (Å²) in [5.41, 5.74) is -3.86. The van der Waals surface area contributed by atoms with E-state index in [1.165, 1.54) is 12.2 Å². The molecule has 28 heavy (non-hydrogen) atoms. The average molecular weight is 390 g/mol. The SMILES string of the molecule is CCC(=O)[C@@]1(C)[C@H](O)C[C@H]2[C@@H]3CCC4=CC(=O)C=C[C@]4(C)[C@@]3(F)[C@@H](O)C[C@@]21C. The summed E-state index contributed by atoms with van der Waals surface area (Å²) < 4.78 is 16.9. The molecule has 3 saturated carbocycles. The number of carbonyl (C=O) groups excluding carboxylic acids is 2. The van der Waals surface area contributed by atoms with E-state index < -0.39 is 40.0 Å². The first kappa shape index (κ1) is 20.0. The molecule has 4 aliphatic carbocycles. The molecule has 0 saturated heterocycles. The molecule has 5 heteroatoms. The molecule has 0 unspecified atom stereocenters. The van der Waals surface area contributed by atoms with Crippen molar-refractivity contribution in [2.45, 2.75) is 77.7 Å². The smallest absolute Gasteiger partial charge is 0.178 e. The molecule has 0 heterocycles. The Morgan fingerprint density at radius 2 is 1.89 bits per heavy atom. The van der Waals surface area contributed by atoms with E-state index in [0.717, 1.165) is 5.57 Å². The van der Waals surface area contributed by atoms with E-state index in [-0.39, 0.29) is 23.9 Å². The van der Waals surface area contributed by atoms with Gasteiger partial charge in [0.15, 0.2) is 11.5 Å². The van der Waals surface area contributed by atoms with E-state index in [1.807, 2.05) is 6.92 Å². The summed E-state index contributed by atoms with van der Waals surface area (Å²) in [5, 5.41) is 22.1. The van der Waals surface area contributed by atoms with Crippen LogP contribution in [-0.4, -0.2) is 39.7 Å². The van der Waals surface area contributed by atoms with Crippen molar-refractivity contribution in [3.63, 3.8) is 0 Å². The molecule has 0 aliphatic heterocycles. The van der Waals surface area contributed by atoms with Crippen LogP contribution in [0.3, 0.4) is 0 Å². The van der Waals surface area contributed by atoms with Crippen LogP contribution in [0.25, 0.3) is 0 Å². The highest BCUT2D eigenvalue weighted by Gasteiger charge is 2.74. The Kier molecular flexibility index (Phi) is 4.17. The van der Waals surface area contributed by atoms with Crippen molar-refractivity contribution in [1.29, 1.82) is 0 Å². The van der Waals surface area contributed by atoms with Gasteiger partial charge in [-0.15, -0.1) is 0 Å². The Bertz CT molecular complexity index is 802. The zero-order chi connectivity index (χ0) is 20.7. The van der Waals surface area contributed by atoms with Crippen LogP contribution in [0.4, 0.5) is 4.39 Å². The van der Waals surface area contributed by atoms with Gasteiger partial charge in [0.1, 0.15) is 5.78 Å². The van der Waals surface area contributed by atoms with Crippen LogP contribution < -0.4 is 0 Å². The molecule has 4 aliphatic rings. The third kappa shape index (κ3) is 2.02. The fourth-order valence-electron chi connectivity index (χ4n) is 7.32.